The summed E-state index contributed by atoms with van der Waals surface area (Å²) in [7, 11) is 0. The lowest BCUT2D eigenvalue weighted by atomic mass is 9.72. The SMILES string of the molecule is Cc1cc([N+](=O)[O-])nn1CC(=O)Nc1sc2c(c1C(N)=O)CC[C@H](C(C)(C)C)C2. The number of rotatable bonds is 5. The number of hydrogen-bond acceptors (Lipinski definition) is 6. The fourth-order valence-electron chi connectivity index (χ4n) is 3.72. The molecule has 0 aromatic carbocycles. The van der Waals surface area contributed by atoms with E-state index in [9.17, 15) is 19.7 Å². The third-order valence-corrected chi connectivity index (χ3v) is 6.61. The fraction of sp³-hybridized carbons (Fsp3) is 0.526. The van der Waals surface area contributed by atoms with Crippen molar-refractivity contribution >= 4 is 34.0 Å². The number of aromatic nitrogens is 2. The summed E-state index contributed by atoms with van der Waals surface area (Å²) in [6.07, 6.45) is 2.58. The van der Waals surface area contributed by atoms with Crippen LogP contribution in [0.4, 0.5) is 10.8 Å². The third kappa shape index (κ3) is 4.31. The summed E-state index contributed by atoms with van der Waals surface area (Å²) >= 11 is 1.39. The molecule has 1 atom stereocenters. The third-order valence-electron chi connectivity index (χ3n) is 5.44. The number of primary amides is 1. The van der Waals surface area contributed by atoms with Gasteiger partial charge >= 0.3 is 5.82 Å². The largest absolute Gasteiger partial charge is 0.390 e. The Bertz CT molecular complexity index is 986. The number of amides is 2. The van der Waals surface area contributed by atoms with Crippen LogP contribution in [0, 0.1) is 28.4 Å². The molecule has 2 aromatic heterocycles. The van der Waals surface area contributed by atoms with Crippen molar-refractivity contribution in [3.05, 3.63) is 37.9 Å². The molecule has 0 spiro atoms. The Morgan fingerprint density at radius 2 is 2.14 bits per heavy atom. The second kappa shape index (κ2) is 7.58. The summed E-state index contributed by atoms with van der Waals surface area (Å²) in [6, 6.07) is 1.30. The molecule has 9 nitrogen and oxygen atoms in total. The maximum absolute atomic E-state index is 12.5. The molecule has 2 heterocycles. The molecular formula is C19H25N5O4S. The summed E-state index contributed by atoms with van der Waals surface area (Å²) in [6.45, 7) is 8.07. The molecule has 0 aliphatic heterocycles. The lowest BCUT2D eigenvalue weighted by molar-refractivity contribution is -0.389. The van der Waals surface area contributed by atoms with Crippen LogP contribution in [0.15, 0.2) is 6.07 Å². The van der Waals surface area contributed by atoms with E-state index in [1.807, 2.05) is 0 Å². The number of hydrogen-bond donors (Lipinski definition) is 2. The van der Waals surface area contributed by atoms with E-state index < -0.39 is 16.7 Å². The van der Waals surface area contributed by atoms with Gasteiger partial charge in [0.25, 0.3) is 5.91 Å². The van der Waals surface area contributed by atoms with Crippen molar-refractivity contribution < 1.29 is 14.5 Å². The van der Waals surface area contributed by atoms with Gasteiger partial charge < -0.3 is 21.2 Å². The van der Waals surface area contributed by atoms with E-state index in [1.165, 1.54) is 22.1 Å². The van der Waals surface area contributed by atoms with E-state index in [0.717, 1.165) is 29.7 Å². The van der Waals surface area contributed by atoms with Gasteiger partial charge in [-0.2, -0.15) is 4.68 Å². The van der Waals surface area contributed by atoms with Gasteiger partial charge in [-0.25, -0.2) is 0 Å². The van der Waals surface area contributed by atoms with Gasteiger partial charge in [0.05, 0.1) is 22.4 Å². The molecule has 1 aliphatic rings. The minimum Gasteiger partial charge on any atom is -0.365 e. The highest BCUT2D eigenvalue weighted by molar-refractivity contribution is 7.17. The highest BCUT2D eigenvalue weighted by atomic mass is 32.1. The summed E-state index contributed by atoms with van der Waals surface area (Å²) in [4.78, 5) is 36.0. The average Bonchev–Trinajstić information content (AvgIpc) is 3.13. The van der Waals surface area contributed by atoms with Crippen molar-refractivity contribution in [2.24, 2.45) is 17.1 Å². The first-order valence-electron chi connectivity index (χ1n) is 9.40. The molecule has 29 heavy (non-hydrogen) atoms. The summed E-state index contributed by atoms with van der Waals surface area (Å²) in [5, 5.41) is 17.9. The van der Waals surface area contributed by atoms with Crippen LogP contribution in [-0.4, -0.2) is 26.5 Å². The summed E-state index contributed by atoms with van der Waals surface area (Å²) in [5.41, 5.74) is 7.59. The molecule has 0 bridgehead atoms. The number of carbonyl (C=O) groups excluding carboxylic acids is 2. The van der Waals surface area contributed by atoms with Crippen molar-refractivity contribution in [1.82, 2.24) is 9.78 Å². The zero-order chi connectivity index (χ0) is 21.5. The van der Waals surface area contributed by atoms with Crippen LogP contribution in [0.1, 0.15) is 53.7 Å². The number of anilines is 1. The Balaban J connectivity index is 1.82. The molecule has 2 aromatic rings. The van der Waals surface area contributed by atoms with Gasteiger partial charge in [0, 0.05) is 4.88 Å². The Kier molecular flexibility index (Phi) is 5.48. The number of nitrogens with zero attached hydrogens (tertiary/aromatic N) is 3. The molecule has 0 saturated heterocycles. The van der Waals surface area contributed by atoms with Gasteiger partial charge in [0.2, 0.25) is 5.91 Å². The molecule has 156 valence electrons. The van der Waals surface area contributed by atoms with Crippen molar-refractivity contribution in [3.63, 3.8) is 0 Å². The number of nitrogens with one attached hydrogen (secondary N) is 1. The van der Waals surface area contributed by atoms with Crippen LogP contribution in [0.5, 0.6) is 0 Å². The van der Waals surface area contributed by atoms with E-state index in [2.05, 4.69) is 31.2 Å². The van der Waals surface area contributed by atoms with Crippen LogP contribution in [0.3, 0.4) is 0 Å². The Morgan fingerprint density at radius 1 is 1.45 bits per heavy atom. The smallest absolute Gasteiger partial charge is 0.365 e. The summed E-state index contributed by atoms with van der Waals surface area (Å²) in [5.74, 6) is -0.796. The van der Waals surface area contributed by atoms with Crippen molar-refractivity contribution in [1.29, 1.82) is 0 Å². The maximum Gasteiger partial charge on any atom is 0.390 e. The van der Waals surface area contributed by atoms with E-state index >= 15 is 0 Å². The molecule has 0 unspecified atom stereocenters. The van der Waals surface area contributed by atoms with Crippen LogP contribution in [0.2, 0.25) is 0 Å². The molecule has 3 rings (SSSR count). The van der Waals surface area contributed by atoms with Gasteiger partial charge in [-0.1, -0.05) is 20.8 Å². The Hall–Kier alpha value is -2.75. The number of thiophene rings is 1. The van der Waals surface area contributed by atoms with E-state index in [-0.39, 0.29) is 17.8 Å². The van der Waals surface area contributed by atoms with Crippen LogP contribution >= 0.6 is 11.3 Å². The van der Waals surface area contributed by atoms with E-state index in [1.54, 1.807) is 6.92 Å². The number of fused-ring (bicyclic) bond motifs is 1. The second-order valence-corrected chi connectivity index (χ2v) is 9.59. The lowest BCUT2D eigenvalue weighted by Gasteiger charge is -2.33. The molecule has 2 amide bonds. The van der Waals surface area contributed by atoms with Crippen molar-refractivity contribution in [2.75, 3.05) is 5.32 Å². The van der Waals surface area contributed by atoms with E-state index in [0.29, 0.717) is 22.2 Å². The van der Waals surface area contributed by atoms with Gasteiger partial charge in [0.15, 0.2) is 0 Å². The molecule has 0 radical (unpaired) electrons. The molecule has 10 heteroatoms. The maximum atomic E-state index is 12.5. The topological polar surface area (TPSA) is 133 Å². The quantitative estimate of drug-likeness (QED) is 0.567. The number of nitrogens with two attached hydrogens (primary N) is 1. The fourth-order valence-corrected chi connectivity index (χ4v) is 5.07. The van der Waals surface area contributed by atoms with Crippen LogP contribution in [0.25, 0.3) is 0 Å². The highest BCUT2D eigenvalue weighted by Crippen LogP contribution is 2.44. The minimum absolute atomic E-state index is 0.157. The predicted molar refractivity (Wildman–Crippen MR) is 110 cm³/mol. The van der Waals surface area contributed by atoms with E-state index in [4.69, 9.17) is 5.73 Å². The lowest BCUT2D eigenvalue weighted by Crippen LogP contribution is -2.27. The first kappa shape index (κ1) is 21.0. The molecule has 3 N–H and O–H groups in total. The molecule has 0 fully saturated rings. The molecule has 0 saturated carbocycles. The monoisotopic (exact) mass is 419 g/mol. The van der Waals surface area contributed by atoms with Gasteiger partial charge in [-0.3, -0.25) is 9.59 Å². The standard InChI is InChI=1S/C19H25N5O4S/c1-10-7-14(24(27)28)22-23(10)9-15(25)21-18-16(17(20)26)12-6-5-11(19(2,3)4)8-13(12)29-18/h7,11H,5-6,8-9H2,1-4H3,(H2,20,26)(H,21,25)/t11-/m0/s1. The number of nitro groups is 1. The minimum atomic E-state index is -0.606. The molecular weight excluding hydrogens is 394 g/mol. The number of aryl methyl sites for hydroxylation is 1. The normalized spacial score (nSPS) is 16.3. The second-order valence-electron chi connectivity index (χ2n) is 8.48. The average molecular weight is 420 g/mol. The van der Waals surface area contributed by atoms with Crippen molar-refractivity contribution in [3.8, 4) is 0 Å². The Morgan fingerprint density at radius 3 is 2.69 bits per heavy atom. The zero-order valence-electron chi connectivity index (χ0n) is 16.9. The summed E-state index contributed by atoms with van der Waals surface area (Å²) < 4.78 is 1.26. The first-order chi connectivity index (χ1) is 13.5. The zero-order valence-corrected chi connectivity index (χ0v) is 17.8. The molecule has 1 aliphatic carbocycles. The van der Waals surface area contributed by atoms with Crippen LogP contribution in [-0.2, 0) is 24.2 Å². The highest BCUT2D eigenvalue weighted by Gasteiger charge is 2.33. The van der Waals surface area contributed by atoms with Gasteiger partial charge in [-0.15, -0.1) is 11.3 Å². The predicted octanol–water partition coefficient (Wildman–Crippen LogP) is 3.05. The number of carbonyl (C=O) groups is 2. The van der Waals surface area contributed by atoms with Gasteiger partial charge in [-0.05, 0) is 48.0 Å². The van der Waals surface area contributed by atoms with Crippen molar-refractivity contribution in [2.45, 2.75) is 53.5 Å². The van der Waals surface area contributed by atoms with Crippen LogP contribution < -0.4 is 11.1 Å². The Labute approximate surface area is 172 Å². The van der Waals surface area contributed by atoms with Gasteiger partial charge in [0.1, 0.15) is 11.5 Å². The first-order valence-corrected chi connectivity index (χ1v) is 10.2.